The lowest BCUT2D eigenvalue weighted by molar-refractivity contribution is -0.132. The molecule has 0 spiro atoms. The van der Waals surface area contributed by atoms with E-state index in [1.54, 1.807) is 0 Å². The molecule has 2 heterocycles. The number of rotatable bonds is 4. The second-order valence-corrected chi connectivity index (χ2v) is 5.15. The maximum atomic E-state index is 12.1. The Morgan fingerprint density at radius 2 is 2.39 bits per heavy atom. The number of fused-ring (bicyclic) bond motifs is 1. The molecule has 0 unspecified atom stereocenters. The molecule has 0 bridgehead atoms. The molecule has 4 nitrogen and oxygen atoms in total. The maximum Gasteiger partial charge on any atom is 0.224 e. The van der Waals surface area contributed by atoms with Crippen molar-refractivity contribution in [3.05, 3.63) is 29.6 Å². The van der Waals surface area contributed by atoms with Gasteiger partial charge in [0.2, 0.25) is 5.91 Å². The normalized spacial score (nSPS) is 18.6. The highest BCUT2D eigenvalue weighted by molar-refractivity contribution is 5.76. The van der Waals surface area contributed by atoms with Gasteiger partial charge in [-0.15, -0.1) is 0 Å². The lowest BCUT2D eigenvalue weighted by atomic mass is 10.1. The summed E-state index contributed by atoms with van der Waals surface area (Å²) in [4.78, 5) is 18.4. The van der Waals surface area contributed by atoms with Gasteiger partial charge in [0.05, 0.1) is 0 Å². The first-order valence-corrected chi connectivity index (χ1v) is 6.77. The zero-order chi connectivity index (χ0) is 12.4. The topological polar surface area (TPSA) is 45.2 Å². The van der Waals surface area contributed by atoms with Crippen LogP contribution >= 0.6 is 0 Å². The number of carbonyl (C=O) groups excluding carboxylic acids is 1. The van der Waals surface area contributed by atoms with Crippen molar-refractivity contribution in [2.45, 2.75) is 38.3 Å². The minimum absolute atomic E-state index is 0.262. The molecule has 4 heteroatoms. The number of nitrogens with zero attached hydrogens (tertiary/aromatic N) is 2. The first kappa shape index (κ1) is 11.7. The maximum absolute atomic E-state index is 12.1. The van der Waals surface area contributed by atoms with Crippen LogP contribution in [0.4, 0.5) is 0 Å². The van der Waals surface area contributed by atoms with Gasteiger partial charge in [-0.1, -0.05) is 6.07 Å². The van der Waals surface area contributed by atoms with Crippen LogP contribution in [0.25, 0.3) is 0 Å². The molecule has 1 aromatic rings. The van der Waals surface area contributed by atoms with Crippen molar-refractivity contribution in [1.29, 1.82) is 0 Å². The molecule has 0 aromatic carbocycles. The highest BCUT2D eigenvalue weighted by Crippen LogP contribution is 2.19. The number of amides is 1. The molecule has 18 heavy (non-hydrogen) atoms. The molecule has 96 valence electrons. The highest BCUT2D eigenvalue weighted by atomic mass is 16.2. The minimum Gasteiger partial charge on any atom is -0.338 e. The van der Waals surface area contributed by atoms with E-state index >= 15 is 0 Å². The summed E-state index contributed by atoms with van der Waals surface area (Å²) in [6, 6.07) is 4.70. The summed E-state index contributed by atoms with van der Waals surface area (Å²) >= 11 is 0. The van der Waals surface area contributed by atoms with Crippen LogP contribution in [0.3, 0.4) is 0 Å². The monoisotopic (exact) mass is 245 g/mol. The van der Waals surface area contributed by atoms with Crippen LogP contribution in [0, 0.1) is 0 Å². The van der Waals surface area contributed by atoms with Gasteiger partial charge in [-0.3, -0.25) is 9.78 Å². The van der Waals surface area contributed by atoms with Crippen molar-refractivity contribution in [2.24, 2.45) is 0 Å². The van der Waals surface area contributed by atoms with Crippen LogP contribution in [0.2, 0.25) is 0 Å². The van der Waals surface area contributed by atoms with Gasteiger partial charge in [0.1, 0.15) is 0 Å². The second kappa shape index (κ2) is 5.06. The molecule has 1 saturated carbocycles. The molecule has 1 aliphatic carbocycles. The van der Waals surface area contributed by atoms with Gasteiger partial charge in [0, 0.05) is 50.4 Å². The van der Waals surface area contributed by atoms with E-state index in [-0.39, 0.29) is 5.91 Å². The zero-order valence-electron chi connectivity index (χ0n) is 10.6. The Morgan fingerprint density at radius 1 is 1.50 bits per heavy atom. The van der Waals surface area contributed by atoms with E-state index in [4.69, 9.17) is 0 Å². The first-order chi connectivity index (χ1) is 8.83. The number of pyridine rings is 1. The Labute approximate surface area is 107 Å². The van der Waals surface area contributed by atoms with Gasteiger partial charge < -0.3 is 10.2 Å². The van der Waals surface area contributed by atoms with Gasteiger partial charge in [0.25, 0.3) is 0 Å². The average molecular weight is 245 g/mol. The number of hydrogen-bond acceptors (Lipinski definition) is 3. The largest absolute Gasteiger partial charge is 0.338 e. The van der Waals surface area contributed by atoms with E-state index in [2.05, 4.69) is 16.4 Å². The number of nitrogens with one attached hydrogen (secondary N) is 1. The third-order valence-electron chi connectivity index (χ3n) is 3.67. The van der Waals surface area contributed by atoms with Gasteiger partial charge in [-0.2, -0.15) is 0 Å². The number of aromatic nitrogens is 1. The van der Waals surface area contributed by atoms with Gasteiger partial charge in [-0.25, -0.2) is 0 Å². The van der Waals surface area contributed by atoms with Crippen LogP contribution in [0.15, 0.2) is 18.3 Å². The Hall–Kier alpha value is -1.42. The minimum atomic E-state index is 0.262. The van der Waals surface area contributed by atoms with Crippen molar-refractivity contribution in [3.63, 3.8) is 0 Å². The van der Waals surface area contributed by atoms with Crippen LogP contribution < -0.4 is 5.32 Å². The first-order valence-electron chi connectivity index (χ1n) is 6.77. The Balaban J connectivity index is 1.52. The fourth-order valence-electron chi connectivity index (χ4n) is 2.41. The highest BCUT2D eigenvalue weighted by Gasteiger charge is 2.23. The molecule has 1 fully saturated rings. The fourth-order valence-corrected chi connectivity index (χ4v) is 2.41. The van der Waals surface area contributed by atoms with E-state index in [9.17, 15) is 4.79 Å². The van der Waals surface area contributed by atoms with Crippen LogP contribution in [-0.2, 0) is 17.8 Å². The van der Waals surface area contributed by atoms with Gasteiger partial charge >= 0.3 is 0 Å². The quantitative estimate of drug-likeness (QED) is 0.864. The molecule has 2 aliphatic rings. The van der Waals surface area contributed by atoms with E-state index < -0.39 is 0 Å². The molecule has 0 radical (unpaired) electrons. The van der Waals surface area contributed by atoms with Crippen molar-refractivity contribution < 1.29 is 4.79 Å². The average Bonchev–Trinajstić information content (AvgIpc) is 3.22. The number of carbonyl (C=O) groups is 1. The van der Waals surface area contributed by atoms with Crippen molar-refractivity contribution in [3.8, 4) is 0 Å². The lowest BCUT2D eigenvalue weighted by Gasteiger charge is -2.28. The number of hydrogen-bond donors (Lipinski definition) is 1. The van der Waals surface area contributed by atoms with Gasteiger partial charge in [-0.05, 0) is 24.5 Å². The van der Waals surface area contributed by atoms with Crippen LogP contribution in [0.1, 0.15) is 30.5 Å². The van der Waals surface area contributed by atoms with E-state index in [1.807, 2.05) is 17.2 Å². The van der Waals surface area contributed by atoms with Crippen LogP contribution in [0.5, 0.6) is 0 Å². The predicted octanol–water partition coefficient (Wildman–Crippen LogP) is 1.11. The summed E-state index contributed by atoms with van der Waals surface area (Å²) in [7, 11) is 0. The molecule has 1 N–H and O–H groups in total. The molecule has 1 aliphatic heterocycles. The van der Waals surface area contributed by atoms with Crippen molar-refractivity contribution >= 4 is 5.91 Å². The van der Waals surface area contributed by atoms with E-state index in [1.165, 1.54) is 18.4 Å². The molecule has 0 atom stereocenters. The Morgan fingerprint density at radius 3 is 3.22 bits per heavy atom. The van der Waals surface area contributed by atoms with E-state index in [0.29, 0.717) is 12.5 Å². The summed E-state index contributed by atoms with van der Waals surface area (Å²) in [6.07, 6.45) is 5.88. The van der Waals surface area contributed by atoms with Gasteiger partial charge in [0.15, 0.2) is 0 Å². The second-order valence-electron chi connectivity index (χ2n) is 5.15. The summed E-state index contributed by atoms with van der Waals surface area (Å²) in [6.45, 7) is 2.36. The fraction of sp³-hybridized carbons (Fsp3) is 0.571. The molecule has 0 saturated heterocycles. The van der Waals surface area contributed by atoms with Crippen LogP contribution in [-0.4, -0.2) is 34.9 Å². The van der Waals surface area contributed by atoms with Crippen molar-refractivity contribution in [1.82, 2.24) is 15.2 Å². The molecule has 3 rings (SSSR count). The standard InChI is InChI=1S/C14H19N3O/c18-14(5-8-15-12-3-4-12)17-9-6-13-11(10-17)2-1-7-16-13/h1-2,7,12,15H,3-6,8-10H2. The van der Waals surface area contributed by atoms with E-state index in [0.717, 1.165) is 31.7 Å². The summed E-state index contributed by atoms with van der Waals surface area (Å²) in [5.74, 6) is 0.262. The Kier molecular flexibility index (Phi) is 3.28. The smallest absolute Gasteiger partial charge is 0.224 e. The Bertz CT molecular complexity index is 442. The molecular weight excluding hydrogens is 226 g/mol. The predicted molar refractivity (Wildman–Crippen MR) is 69.0 cm³/mol. The molecular formula is C14H19N3O. The summed E-state index contributed by atoms with van der Waals surface area (Å²) < 4.78 is 0. The zero-order valence-corrected chi connectivity index (χ0v) is 10.6. The summed E-state index contributed by atoms with van der Waals surface area (Å²) in [5.41, 5.74) is 2.35. The molecule has 1 amide bonds. The molecule has 1 aromatic heterocycles. The third-order valence-corrected chi connectivity index (χ3v) is 3.67. The SMILES string of the molecule is O=C(CCNC1CC1)N1CCc2ncccc2C1. The lowest BCUT2D eigenvalue weighted by Crippen LogP contribution is -2.37. The van der Waals surface area contributed by atoms with Crippen molar-refractivity contribution in [2.75, 3.05) is 13.1 Å². The third kappa shape index (κ3) is 2.70. The summed E-state index contributed by atoms with van der Waals surface area (Å²) in [5, 5.41) is 3.39.